The summed E-state index contributed by atoms with van der Waals surface area (Å²) in [5.41, 5.74) is 1.66. The van der Waals surface area contributed by atoms with Crippen molar-refractivity contribution in [3.63, 3.8) is 0 Å². The molecule has 0 bridgehead atoms. The zero-order valence-corrected chi connectivity index (χ0v) is 13.2. The van der Waals surface area contributed by atoms with Crippen LogP contribution in [0.1, 0.15) is 10.4 Å². The first-order valence-corrected chi connectivity index (χ1v) is 8.21. The first-order valence-electron chi connectivity index (χ1n) is 6.95. The van der Waals surface area contributed by atoms with Crippen LogP contribution < -0.4 is 4.90 Å². The molecule has 1 aliphatic rings. The Kier molecular flexibility index (Phi) is 4.45. The molecule has 0 spiro atoms. The van der Waals surface area contributed by atoms with Gasteiger partial charge >= 0.3 is 0 Å². The van der Waals surface area contributed by atoms with Gasteiger partial charge in [0.15, 0.2) is 0 Å². The Balaban J connectivity index is 1.65. The fourth-order valence-corrected chi connectivity index (χ4v) is 3.56. The van der Waals surface area contributed by atoms with Crippen LogP contribution in [0.25, 0.3) is 0 Å². The van der Waals surface area contributed by atoms with Crippen LogP contribution in [0.3, 0.4) is 0 Å². The fraction of sp³-hybridized carbons (Fsp3) is 0.312. The number of piperazine rings is 1. The number of nitrogens with zero attached hydrogens (tertiary/aromatic N) is 3. The maximum absolute atomic E-state index is 9.25. The van der Waals surface area contributed by atoms with Crippen LogP contribution in [0.5, 0.6) is 0 Å². The molecule has 2 aromatic rings. The van der Waals surface area contributed by atoms with E-state index in [-0.39, 0.29) is 0 Å². The molecule has 0 unspecified atom stereocenters. The third-order valence-corrected chi connectivity index (χ3v) is 4.85. The van der Waals surface area contributed by atoms with Crippen molar-refractivity contribution in [1.29, 1.82) is 5.26 Å². The van der Waals surface area contributed by atoms with Gasteiger partial charge in [-0.2, -0.15) is 5.26 Å². The normalized spacial score (nSPS) is 15.9. The standard InChI is InChI=1S/C16H16ClN3S/c17-14-3-4-16(13(10-14)11-18)20-7-5-19(6-8-20)12-15-2-1-9-21-15/h1-4,9-10H,5-8,12H2. The molecule has 2 heterocycles. The summed E-state index contributed by atoms with van der Waals surface area (Å²) in [4.78, 5) is 6.15. The topological polar surface area (TPSA) is 30.3 Å². The zero-order valence-electron chi connectivity index (χ0n) is 11.6. The maximum Gasteiger partial charge on any atom is 0.101 e. The Bertz CT molecular complexity index is 640. The van der Waals surface area contributed by atoms with E-state index in [1.807, 2.05) is 23.5 Å². The zero-order chi connectivity index (χ0) is 14.7. The molecule has 1 aromatic heterocycles. The highest BCUT2D eigenvalue weighted by atomic mass is 35.5. The highest BCUT2D eigenvalue weighted by Crippen LogP contribution is 2.25. The summed E-state index contributed by atoms with van der Waals surface area (Å²) < 4.78 is 0. The lowest BCUT2D eigenvalue weighted by Gasteiger charge is -2.36. The van der Waals surface area contributed by atoms with Crippen molar-refractivity contribution >= 4 is 28.6 Å². The number of benzene rings is 1. The minimum atomic E-state index is 0.617. The molecule has 108 valence electrons. The Hall–Kier alpha value is -1.54. The van der Waals surface area contributed by atoms with Gasteiger partial charge in [0.25, 0.3) is 0 Å². The molecule has 1 aromatic carbocycles. The molecule has 0 aliphatic carbocycles. The van der Waals surface area contributed by atoms with Crippen LogP contribution in [0.15, 0.2) is 35.7 Å². The van der Waals surface area contributed by atoms with Crippen LogP contribution in [-0.2, 0) is 6.54 Å². The van der Waals surface area contributed by atoms with Gasteiger partial charge in [-0.15, -0.1) is 11.3 Å². The lowest BCUT2D eigenvalue weighted by molar-refractivity contribution is 0.252. The second kappa shape index (κ2) is 6.48. The average molecular weight is 318 g/mol. The molecule has 3 rings (SSSR count). The minimum absolute atomic E-state index is 0.617. The molecular weight excluding hydrogens is 302 g/mol. The number of rotatable bonds is 3. The molecule has 0 atom stereocenters. The van der Waals surface area contributed by atoms with Crippen LogP contribution >= 0.6 is 22.9 Å². The molecule has 1 aliphatic heterocycles. The van der Waals surface area contributed by atoms with Crippen molar-refractivity contribution in [2.45, 2.75) is 6.54 Å². The largest absolute Gasteiger partial charge is 0.368 e. The Morgan fingerprint density at radius 1 is 1.19 bits per heavy atom. The third-order valence-electron chi connectivity index (χ3n) is 3.75. The summed E-state index contributed by atoms with van der Waals surface area (Å²) in [5, 5.41) is 12.0. The van der Waals surface area contributed by atoms with Gasteiger partial charge in [0, 0.05) is 42.6 Å². The van der Waals surface area contributed by atoms with Gasteiger partial charge in [0.2, 0.25) is 0 Å². The molecule has 0 N–H and O–H groups in total. The van der Waals surface area contributed by atoms with Gasteiger partial charge in [-0.3, -0.25) is 4.90 Å². The van der Waals surface area contributed by atoms with E-state index in [9.17, 15) is 5.26 Å². The Labute approximate surface area is 134 Å². The first kappa shape index (κ1) is 14.4. The molecule has 1 saturated heterocycles. The van der Waals surface area contributed by atoms with Crippen molar-refractivity contribution in [3.05, 3.63) is 51.2 Å². The number of hydrogen-bond acceptors (Lipinski definition) is 4. The molecule has 21 heavy (non-hydrogen) atoms. The van der Waals surface area contributed by atoms with E-state index in [0.717, 1.165) is 38.4 Å². The molecule has 0 amide bonds. The summed E-state index contributed by atoms with van der Waals surface area (Å²) in [6.07, 6.45) is 0. The van der Waals surface area contributed by atoms with Crippen molar-refractivity contribution < 1.29 is 0 Å². The summed E-state index contributed by atoms with van der Waals surface area (Å²) >= 11 is 7.77. The van der Waals surface area contributed by atoms with E-state index in [2.05, 4.69) is 33.4 Å². The van der Waals surface area contributed by atoms with Gasteiger partial charge < -0.3 is 4.90 Å². The number of anilines is 1. The van der Waals surface area contributed by atoms with Crippen LogP contribution in [0.4, 0.5) is 5.69 Å². The van der Waals surface area contributed by atoms with E-state index >= 15 is 0 Å². The smallest absolute Gasteiger partial charge is 0.101 e. The molecule has 1 fully saturated rings. The third kappa shape index (κ3) is 3.38. The molecular formula is C16H16ClN3S. The highest BCUT2D eigenvalue weighted by Gasteiger charge is 2.19. The lowest BCUT2D eigenvalue weighted by Crippen LogP contribution is -2.46. The average Bonchev–Trinajstić information content (AvgIpc) is 3.01. The summed E-state index contributed by atoms with van der Waals surface area (Å²) in [7, 11) is 0. The van der Waals surface area contributed by atoms with Gasteiger partial charge in [0.05, 0.1) is 11.3 Å². The van der Waals surface area contributed by atoms with E-state index in [1.165, 1.54) is 4.88 Å². The van der Waals surface area contributed by atoms with Gasteiger partial charge in [0.1, 0.15) is 6.07 Å². The predicted octanol–water partition coefficient (Wildman–Crippen LogP) is 3.60. The summed E-state index contributed by atoms with van der Waals surface area (Å²) in [6, 6.07) is 12.1. The number of halogens is 1. The summed E-state index contributed by atoms with van der Waals surface area (Å²) in [5.74, 6) is 0. The van der Waals surface area contributed by atoms with E-state index in [4.69, 9.17) is 11.6 Å². The molecule has 5 heteroatoms. The van der Waals surface area contributed by atoms with Crippen molar-refractivity contribution in [2.75, 3.05) is 31.1 Å². The number of nitriles is 1. The lowest BCUT2D eigenvalue weighted by atomic mass is 10.1. The van der Waals surface area contributed by atoms with E-state index in [0.29, 0.717) is 10.6 Å². The van der Waals surface area contributed by atoms with Crippen molar-refractivity contribution in [3.8, 4) is 6.07 Å². The van der Waals surface area contributed by atoms with Crippen LogP contribution in [-0.4, -0.2) is 31.1 Å². The number of hydrogen-bond donors (Lipinski definition) is 0. The molecule has 3 nitrogen and oxygen atoms in total. The molecule has 0 radical (unpaired) electrons. The van der Waals surface area contributed by atoms with E-state index in [1.54, 1.807) is 6.07 Å². The van der Waals surface area contributed by atoms with Gasteiger partial charge in [-0.25, -0.2) is 0 Å². The minimum Gasteiger partial charge on any atom is -0.368 e. The monoisotopic (exact) mass is 317 g/mol. The highest BCUT2D eigenvalue weighted by molar-refractivity contribution is 7.09. The fourth-order valence-electron chi connectivity index (χ4n) is 2.64. The Morgan fingerprint density at radius 3 is 2.67 bits per heavy atom. The van der Waals surface area contributed by atoms with Crippen LogP contribution in [0.2, 0.25) is 5.02 Å². The summed E-state index contributed by atoms with van der Waals surface area (Å²) in [6.45, 7) is 4.96. The SMILES string of the molecule is N#Cc1cc(Cl)ccc1N1CCN(Cc2cccs2)CC1. The predicted molar refractivity (Wildman–Crippen MR) is 88.0 cm³/mol. The second-order valence-corrected chi connectivity index (χ2v) is 6.58. The van der Waals surface area contributed by atoms with E-state index < -0.39 is 0 Å². The Morgan fingerprint density at radius 2 is 2.00 bits per heavy atom. The molecule has 0 saturated carbocycles. The van der Waals surface area contributed by atoms with Gasteiger partial charge in [-0.05, 0) is 29.6 Å². The van der Waals surface area contributed by atoms with Gasteiger partial charge in [-0.1, -0.05) is 17.7 Å². The maximum atomic E-state index is 9.25. The second-order valence-electron chi connectivity index (χ2n) is 5.12. The quantitative estimate of drug-likeness (QED) is 0.866. The first-order chi connectivity index (χ1) is 10.3. The van der Waals surface area contributed by atoms with Crippen LogP contribution in [0, 0.1) is 11.3 Å². The van der Waals surface area contributed by atoms with Crippen molar-refractivity contribution in [1.82, 2.24) is 4.90 Å². The number of thiophene rings is 1. The van der Waals surface area contributed by atoms with Crippen molar-refractivity contribution in [2.24, 2.45) is 0 Å².